The van der Waals surface area contributed by atoms with Gasteiger partial charge in [0.25, 0.3) is 5.91 Å². The normalized spacial score (nSPS) is 36.6. The smallest absolute Gasteiger partial charge is 0.252 e. The summed E-state index contributed by atoms with van der Waals surface area (Å²) in [6.45, 7) is 6.65. The molecule has 2 saturated heterocycles. The summed E-state index contributed by atoms with van der Waals surface area (Å²) in [4.78, 5) is 12.1. The molecule has 3 atom stereocenters. The van der Waals surface area contributed by atoms with E-state index in [0.29, 0.717) is 18.6 Å². The number of hydrogen-bond donors (Lipinski definition) is 2. The van der Waals surface area contributed by atoms with Crippen molar-refractivity contribution in [2.24, 2.45) is 5.92 Å². The summed E-state index contributed by atoms with van der Waals surface area (Å²) in [5.41, 5.74) is -0.587. The first-order valence-electron chi connectivity index (χ1n) is 7.31. The second-order valence-electron chi connectivity index (χ2n) is 5.76. The first-order valence-corrected chi connectivity index (χ1v) is 7.31. The number of carbonyl (C=O) groups is 1. The fraction of sp³-hybridized carbons (Fsp3) is 0.929. The van der Waals surface area contributed by atoms with Crippen molar-refractivity contribution >= 4 is 5.91 Å². The third kappa shape index (κ3) is 3.04. The second kappa shape index (κ2) is 6.02. The van der Waals surface area contributed by atoms with E-state index >= 15 is 0 Å². The third-order valence-corrected chi connectivity index (χ3v) is 4.43. The first-order chi connectivity index (χ1) is 8.65. The predicted molar refractivity (Wildman–Crippen MR) is 71.4 cm³/mol. The Morgan fingerprint density at radius 1 is 1.50 bits per heavy atom. The van der Waals surface area contributed by atoms with Gasteiger partial charge in [-0.25, -0.2) is 0 Å². The molecule has 2 aliphatic heterocycles. The van der Waals surface area contributed by atoms with Crippen LogP contribution in [-0.2, 0) is 9.53 Å². The van der Waals surface area contributed by atoms with E-state index in [-0.39, 0.29) is 5.91 Å². The van der Waals surface area contributed by atoms with E-state index in [1.807, 2.05) is 6.92 Å². The van der Waals surface area contributed by atoms with Crippen molar-refractivity contribution in [3.8, 4) is 0 Å². The van der Waals surface area contributed by atoms with Crippen molar-refractivity contribution in [1.82, 2.24) is 10.6 Å². The van der Waals surface area contributed by atoms with Gasteiger partial charge < -0.3 is 15.4 Å². The Morgan fingerprint density at radius 3 is 3.00 bits per heavy atom. The number of piperidine rings is 1. The summed E-state index contributed by atoms with van der Waals surface area (Å²) in [6, 6.07) is 0.428. The fourth-order valence-corrected chi connectivity index (χ4v) is 3.09. The first kappa shape index (κ1) is 13.8. The van der Waals surface area contributed by atoms with Gasteiger partial charge >= 0.3 is 0 Å². The summed E-state index contributed by atoms with van der Waals surface area (Å²) in [7, 11) is 0. The van der Waals surface area contributed by atoms with Crippen LogP contribution in [0.25, 0.3) is 0 Å². The summed E-state index contributed by atoms with van der Waals surface area (Å²) in [5, 5.41) is 6.60. The SMILES string of the molecule is CCC1CCCNC1CNC(=O)C1(C)CCCO1. The number of hydrogen-bond acceptors (Lipinski definition) is 3. The van der Waals surface area contributed by atoms with Gasteiger partial charge in [0.2, 0.25) is 0 Å². The number of nitrogens with one attached hydrogen (secondary N) is 2. The lowest BCUT2D eigenvalue weighted by molar-refractivity contribution is -0.139. The monoisotopic (exact) mass is 254 g/mol. The molecule has 3 unspecified atom stereocenters. The maximum atomic E-state index is 12.1. The molecule has 0 aromatic carbocycles. The molecule has 104 valence electrons. The van der Waals surface area contributed by atoms with Crippen LogP contribution in [0.2, 0.25) is 0 Å². The van der Waals surface area contributed by atoms with Crippen LogP contribution in [0, 0.1) is 5.92 Å². The second-order valence-corrected chi connectivity index (χ2v) is 5.76. The Bertz CT molecular complexity index is 288. The van der Waals surface area contributed by atoms with E-state index in [4.69, 9.17) is 4.74 Å². The molecule has 2 aliphatic rings. The summed E-state index contributed by atoms with van der Waals surface area (Å²) < 4.78 is 5.56. The van der Waals surface area contributed by atoms with E-state index in [0.717, 1.165) is 25.9 Å². The molecule has 0 aliphatic carbocycles. The standard InChI is InChI=1S/C14H26N2O2/c1-3-11-6-4-8-15-12(11)10-16-13(17)14(2)7-5-9-18-14/h11-12,15H,3-10H2,1-2H3,(H,16,17). The number of ether oxygens (including phenoxy) is 1. The van der Waals surface area contributed by atoms with E-state index in [1.54, 1.807) is 0 Å². The molecule has 2 N–H and O–H groups in total. The van der Waals surface area contributed by atoms with Gasteiger partial charge in [-0.3, -0.25) is 4.79 Å². The van der Waals surface area contributed by atoms with Crippen LogP contribution in [0.3, 0.4) is 0 Å². The van der Waals surface area contributed by atoms with Crippen LogP contribution < -0.4 is 10.6 Å². The van der Waals surface area contributed by atoms with Gasteiger partial charge in [0.05, 0.1) is 0 Å². The van der Waals surface area contributed by atoms with Crippen LogP contribution >= 0.6 is 0 Å². The minimum absolute atomic E-state index is 0.0576. The van der Waals surface area contributed by atoms with E-state index in [1.165, 1.54) is 19.3 Å². The number of amides is 1. The van der Waals surface area contributed by atoms with Crippen molar-refractivity contribution in [2.45, 2.75) is 57.6 Å². The molecule has 0 radical (unpaired) electrons. The molecule has 4 nitrogen and oxygen atoms in total. The highest BCUT2D eigenvalue weighted by Crippen LogP contribution is 2.25. The third-order valence-electron chi connectivity index (χ3n) is 4.43. The molecule has 2 fully saturated rings. The summed E-state index contributed by atoms with van der Waals surface area (Å²) in [6.07, 6.45) is 5.54. The highest BCUT2D eigenvalue weighted by Gasteiger charge is 2.38. The lowest BCUT2D eigenvalue weighted by atomic mass is 9.88. The van der Waals surface area contributed by atoms with Crippen LogP contribution in [0.4, 0.5) is 0 Å². The van der Waals surface area contributed by atoms with Gasteiger partial charge in [-0.1, -0.05) is 13.3 Å². The molecule has 18 heavy (non-hydrogen) atoms. The summed E-state index contributed by atoms with van der Waals surface area (Å²) >= 11 is 0. The molecule has 4 heteroatoms. The maximum Gasteiger partial charge on any atom is 0.252 e. The average Bonchev–Trinajstić information content (AvgIpc) is 2.84. The van der Waals surface area contributed by atoms with Crippen LogP contribution in [0.15, 0.2) is 0 Å². The minimum atomic E-state index is -0.587. The predicted octanol–water partition coefficient (Wildman–Crippen LogP) is 1.45. The van der Waals surface area contributed by atoms with E-state index in [2.05, 4.69) is 17.6 Å². The van der Waals surface area contributed by atoms with Crippen molar-refractivity contribution in [3.63, 3.8) is 0 Å². The quantitative estimate of drug-likeness (QED) is 0.798. The Balaban J connectivity index is 1.81. The number of carbonyl (C=O) groups excluding carboxylic acids is 1. The number of rotatable bonds is 4. The van der Waals surface area contributed by atoms with Crippen molar-refractivity contribution in [1.29, 1.82) is 0 Å². The lowest BCUT2D eigenvalue weighted by Gasteiger charge is -2.33. The van der Waals surface area contributed by atoms with Gasteiger partial charge in [0.1, 0.15) is 5.60 Å². The highest BCUT2D eigenvalue weighted by molar-refractivity contribution is 5.85. The van der Waals surface area contributed by atoms with Gasteiger partial charge in [0, 0.05) is 19.2 Å². The Morgan fingerprint density at radius 2 is 2.33 bits per heavy atom. The molecule has 1 amide bonds. The summed E-state index contributed by atoms with van der Waals surface area (Å²) in [5.74, 6) is 0.749. The molecule has 2 heterocycles. The minimum Gasteiger partial charge on any atom is -0.365 e. The van der Waals surface area contributed by atoms with E-state index < -0.39 is 5.60 Å². The molecule has 0 spiro atoms. The topological polar surface area (TPSA) is 50.4 Å². The molecule has 0 saturated carbocycles. The van der Waals surface area contributed by atoms with Crippen molar-refractivity contribution < 1.29 is 9.53 Å². The molecule has 0 aromatic heterocycles. The molecular weight excluding hydrogens is 228 g/mol. The van der Waals surface area contributed by atoms with Gasteiger partial charge in [-0.2, -0.15) is 0 Å². The maximum absolute atomic E-state index is 12.1. The van der Waals surface area contributed by atoms with Crippen molar-refractivity contribution in [3.05, 3.63) is 0 Å². The Labute approximate surface area is 110 Å². The van der Waals surface area contributed by atoms with Crippen LogP contribution in [0.5, 0.6) is 0 Å². The molecular formula is C14H26N2O2. The Kier molecular flexibility index (Phi) is 4.62. The highest BCUT2D eigenvalue weighted by atomic mass is 16.5. The lowest BCUT2D eigenvalue weighted by Crippen LogP contribution is -2.52. The van der Waals surface area contributed by atoms with E-state index in [9.17, 15) is 4.79 Å². The molecule has 0 bridgehead atoms. The van der Waals surface area contributed by atoms with Crippen LogP contribution in [-0.4, -0.2) is 37.2 Å². The van der Waals surface area contributed by atoms with Crippen LogP contribution in [0.1, 0.15) is 46.0 Å². The average molecular weight is 254 g/mol. The largest absolute Gasteiger partial charge is 0.365 e. The van der Waals surface area contributed by atoms with Crippen molar-refractivity contribution in [2.75, 3.05) is 19.7 Å². The zero-order valence-corrected chi connectivity index (χ0v) is 11.6. The Hall–Kier alpha value is -0.610. The fourth-order valence-electron chi connectivity index (χ4n) is 3.09. The molecule has 2 rings (SSSR count). The zero-order valence-electron chi connectivity index (χ0n) is 11.6. The van der Waals surface area contributed by atoms with Gasteiger partial charge in [-0.15, -0.1) is 0 Å². The molecule has 0 aromatic rings. The zero-order chi connectivity index (χ0) is 13.0. The van der Waals surface area contributed by atoms with Gasteiger partial charge in [0.15, 0.2) is 0 Å². The van der Waals surface area contributed by atoms with Gasteiger partial charge in [-0.05, 0) is 45.1 Å².